The van der Waals surface area contributed by atoms with Crippen LogP contribution in [0.25, 0.3) is 0 Å². The Bertz CT molecular complexity index is 279. The van der Waals surface area contributed by atoms with Crippen LogP contribution in [0, 0.1) is 5.92 Å². The smallest absolute Gasteiger partial charge is 0.310 e. The average molecular weight is 280 g/mol. The van der Waals surface area contributed by atoms with Crippen molar-refractivity contribution in [2.24, 2.45) is 5.92 Å². The number of carbonyl (C=O) groups is 1. The first-order chi connectivity index (χ1) is 9.72. The van der Waals surface area contributed by atoms with Gasteiger partial charge in [-0.3, -0.25) is 4.79 Å². The summed E-state index contributed by atoms with van der Waals surface area (Å²) in [5.41, 5.74) is 0. The Morgan fingerprint density at radius 3 is 2.30 bits per heavy atom. The largest absolute Gasteiger partial charge is 0.481 e. The lowest BCUT2D eigenvalue weighted by molar-refractivity contribution is -0.140. The third kappa shape index (κ3) is 12.0. The number of hydrogen-bond donors (Lipinski definition) is 1. The van der Waals surface area contributed by atoms with E-state index in [1.807, 2.05) is 12.2 Å². The maximum absolute atomic E-state index is 11.1. The lowest BCUT2D eigenvalue weighted by atomic mass is 10.00. The predicted octanol–water partition coefficient (Wildman–Crippen LogP) is 5.74. The maximum atomic E-state index is 11.1. The van der Waals surface area contributed by atoms with Gasteiger partial charge in [-0.2, -0.15) is 0 Å². The Labute approximate surface area is 125 Å². The van der Waals surface area contributed by atoms with Gasteiger partial charge < -0.3 is 5.11 Å². The van der Waals surface area contributed by atoms with Crippen LogP contribution in [0.2, 0.25) is 0 Å². The molecule has 0 bridgehead atoms. The van der Waals surface area contributed by atoms with Crippen molar-refractivity contribution in [3.8, 4) is 0 Å². The van der Waals surface area contributed by atoms with Gasteiger partial charge in [0.05, 0.1) is 5.92 Å². The lowest BCUT2D eigenvalue weighted by Crippen LogP contribution is -2.10. The SMILES string of the molecule is CCCCCC=CC/C=C\C(CCCCCC)C(=O)O. The molecule has 0 spiro atoms. The van der Waals surface area contributed by atoms with Crippen molar-refractivity contribution in [1.29, 1.82) is 0 Å². The Morgan fingerprint density at radius 2 is 1.65 bits per heavy atom. The summed E-state index contributed by atoms with van der Waals surface area (Å²) in [6.07, 6.45) is 19.3. The predicted molar refractivity (Wildman–Crippen MR) is 86.9 cm³/mol. The highest BCUT2D eigenvalue weighted by atomic mass is 16.4. The van der Waals surface area contributed by atoms with Crippen LogP contribution in [0.3, 0.4) is 0 Å². The molecule has 2 heteroatoms. The summed E-state index contributed by atoms with van der Waals surface area (Å²) in [4.78, 5) is 11.1. The fourth-order valence-electron chi connectivity index (χ4n) is 2.14. The van der Waals surface area contributed by atoms with Crippen molar-refractivity contribution >= 4 is 5.97 Å². The van der Waals surface area contributed by atoms with Gasteiger partial charge in [-0.05, 0) is 25.7 Å². The Kier molecular flexibility index (Phi) is 13.6. The monoisotopic (exact) mass is 280 g/mol. The number of carboxylic acid groups (broad SMARTS) is 1. The average Bonchev–Trinajstić information content (AvgIpc) is 2.43. The van der Waals surface area contributed by atoms with Crippen LogP contribution < -0.4 is 0 Å². The molecule has 0 aromatic carbocycles. The number of carboxylic acids is 1. The molecule has 0 rings (SSSR count). The van der Waals surface area contributed by atoms with Crippen molar-refractivity contribution in [2.45, 2.75) is 78.1 Å². The van der Waals surface area contributed by atoms with Crippen molar-refractivity contribution in [2.75, 3.05) is 0 Å². The molecular weight excluding hydrogens is 248 g/mol. The van der Waals surface area contributed by atoms with Gasteiger partial charge in [0, 0.05) is 0 Å². The standard InChI is InChI=1S/C18H32O2/c1-3-5-7-9-10-11-12-14-16-17(18(19)20)15-13-8-6-4-2/h10-11,14,16-17H,3-9,12-13,15H2,1-2H3,(H,19,20)/b11-10?,16-14-. The van der Waals surface area contributed by atoms with Gasteiger partial charge in [0.2, 0.25) is 0 Å². The van der Waals surface area contributed by atoms with E-state index in [-0.39, 0.29) is 5.92 Å². The highest BCUT2D eigenvalue weighted by Gasteiger charge is 2.12. The van der Waals surface area contributed by atoms with Gasteiger partial charge in [0.25, 0.3) is 0 Å². The van der Waals surface area contributed by atoms with Gasteiger partial charge in [0.1, 0.15) is 0 Å². The molecule has 0 heterocycles. The number of aliphatic carboxylic acids is 1. The molecule has 0 aliphatic rings. The van der Waals surface area contributed by atoms with Gasteiger partial charge >= 0.3 is 5.97 Å². The molecule has 0 amide bonds. The van der Waals surface area contributed by atoms with E-state index in [1.165, 1.54) is 32.1 Å². The zero-order chi connectivity index (χ0) is 15.1. The van der Waals surface area contributed by atoms with Crippen LogP contribution in [0.1, 0.15) is 78.1 Å². The summed E-state index contributed by atoms with van der Waals surface area (Å²) in [5, 5.41) is 9.16. The topological polar surface area (TPSA) is 37.3 Å². The highest BCUT2D eigenvalue weighted by Crippen LogP contribution is 2.13. The van der Waals surface area contributed by atoms with Gasteiger partial charge in [0.15, 0.2) is 0 Å². The van der Waals surface area contributed by atoms with E-state index in [4.69, 9.17) is 5.11 Å². The second-order valence-corrected chi connectivity index (χ2v) is 5.43. The molecule has 1 atom stereocenters. The van der Waals surface area contributed by atoms with E-state index in [0.717, 1.165) is 32.1 Å². The summed E-state index contributed by atoms with van der Waals surface area (Å²) in [6.45, 7) is 4.38. The third-order valence-corrected chi connectivity index (χ3v) is 3.47. The van der Waals surface area contributed by atoms with E-state index in [0.29, 0.717) is 0 Å². The zero-order valence-electron chi connectivity index (χ0n) is 13.3. The molecule has 116 valence electrons. The first-order valence-corrected chi connectivity index (χ1v) is 8.26. The number of unbranched alkanes of at least 4 members (excludes halogenated alkanes) is 6. The highest BCUT2D eigenvalue weighted by molar-refractivity contribution is 5.72. The molecule has 2 nitrogen and oxygen atoms in total. The molecule has 1 unspecified atom stereocenters. The van der Waals surface area contributed by atoms with Gasteiger partial charge in [-0.15, -0.1) is 0 Å². The molecule has 0 saturated heterocycles. The molecule has 0 aliphatic heterocycles. The first kappa shape index (κ1) is 18.9. The summed E-state index contributed by atoms with van der Waals surface area (Å²) < 4.78 is 0. The fourth-order valence-corrected chi connectivity index (χ4v) is 2.14. The number of hydrogen-bond acceptors (Lipinski definition) is 1. The minimum atomic E-state index is -0.690. The van der Waals surface area contributed by atoms with Crippen LogP contribution in [-0.4, -0.2) is 11.1 Å². The number of rotatable bonds is 13. The Balaban J connectivity index is 3.82. The first-order valence-electron chi connectivity index (χ1n) is 8.26. The summed E-state index contributed by atoms with van der Waals surface area (Å²) in [7, 11) is 0. The second kappa shape index (κ2) is 14.4. The van der Waals surface area contributed by atoms with E-state index < -0.39 is 5.97 Å². The summed E-state index contributed by atoms with van der Waals surface area (Å²) >= 11 is 0. The minimum Gasteiger partial charge on any atom is -0.481 e. The van der Waals surface area contributed by atoms with E-state index in [1.54, 1.807) is 0 Å². The Hall–Kier alpha value is -1.05. The van der Waals surface area contributed by atoms with E-state index in [9.17, 15) is 4.79 Å². The fraction of sp³-hybridized carbons (Fsp3) is 0.722. The molecule has 0 radical (unpaired) electrons. The second-order valence-electron chi connectivity index (χ2n) is 5.43. The minimum absolute atomic E-state index is 0.305. The summed E-state index contributed by atoms with van der Waals surface area (Å²) in [6, 6.07) is 0. The number of allylic oxidation sites excluding steroid dienone is 3. The van der Waals surface area contributed by atoms with Crippen LogP contribution in [0.15, 0.2) is 24.3 Å². The van der Waals surface area contributed by atoms with Crippen LogP contribution in [0.5, 0.6) is 0 Å². The van der Waals surface area contributed by atoms with Crippen molar-refractivity contribution < 1.29 is 9.90 Å². The molecule has 0 aromatic heterocycles. The molecular formula is C18H32O2. The molecule has 20 heavy (non-hydrogen) atoms. The van der Waals surface area contributed by atoms with Crippen LogP contribution >= 0.6 is 0 Å². The van der Waals surface area contributed by atoms with E-state index >= 15 is 0 Å². The molecule has 0 saturated carbocycles. The molecule has 0 fully saturated rings. The van der Waals surface area contributed by atoms with Crippen molar-refractivity contribution in [1.82, 2.24) is 0 Å². The lowest BCUT2D eigenvalue weighted by Gasteiger charge is -2.06. The maximum Gasteiger partial charge on any atom is 0.310 e. The van der Waals surface area contributed by atoms with Crippen molar-refractivity contribution in [3.63, 3.8) is 0 Å². The third-order valence-electron chi connectivity index (χ3n) is 3.47. The molecule has 0 aliphatic carbocycles. The van der Waals surface area contributed by atoms with Crippen LogP contribution in [-0.2, 0) is 4.79 Å². The van der Waals surface area contributed by atoms with E-state index in [2.05, 4.69) is 26.0 Å². The van der Waals surface area contributed by atoms with Crippen LogP contribution in [0.4, 0.5) is 0 Å². The molecule has 0 aromatic rings. The zero-order valence-corrected chi connectivity index (χ0v) is 13.3. The molecule has 1 N–H and O–H groups in total. The van der Waals surface area contributed by atoms with Crippen molar-refractivity contribution in [3.05, 3.63) is 24.3 Å². The quantitative estimate of drug-likeness (QED) is 0.345. The van der Waals surface area contributed by atoms with Gasteiger partial charge in [-0.25, -0.2) is 0 Å². The Morgan fingerprint density at radius 1 is 0.950 bits per heavy atom. The summed E-state index contributed by atoms with van der Waals surface area (Å²) in [5.74, 6) is -0.995. The van der Waals surface area contributed by atoms with Gasteiger partial charge in [-0.1, -0.05) is 76.7 Å². The normalized spacial score (nSPS) is 13.3.